The molecule has 3 atom stereocenters. The summed E-state index contributed by atoms with van der Waals surface area (Å²) in [5, 5.41) is 0.130. The van der Waals surface area contributed by atoms with Crippen molar-refractivity contribution in [3.63, 3.8) is 0 Å². The lowest BCUT2D eigenvalue weighted by atomic mass is 10.1. The Morgan fingerprint density at radius 2 is 1.86 bits per heavy atom. The molecule has 0 aromatic carbocycles. The van der Waals surface area contributed by atoms with Crippen LogP contribution in [0.15, 0.2) is 4.99 Å². The first-order valence-corrected chi connectivity index (χ1v) is 12.1. The van der Waals surface area contributed by atoms with Crippen LogP contribution in [-0.2, 0) is 9.16 Å². The fraction of sp³-hybridized carbons (Fsp3) is 0.923. The molecule has 0 fully saturated rings. The monoisotopic (exact) mass is 485 g/mol. The van der Waals surface area contributed by atoms with Gasteiger partial charge in [-0.2, -0.15) is 0 Å². The second kappa shape index (κ2) is 7.01. The van der Waals surface area contributed by atoms with Crippen LogP contribution in [0.2, 0.25) is 18.1 Å². The molecule has 1 aliphatic heterocycles. The summed E-state index contributed by atoms with van der Waals surface area (Å²) in [4.78, 5) is 4.49. The van der Waals surface area contributed by atoms with Gasteiger partial charge in [0.2, 0.25) is 5.90 Å². The number of nitrogens with zero attached hydrogens (tertiary/aromatic N) is 1. The Bertz CT molecular complexity index is 405. The normalized spacial score (nSPS) is 26.1. The lowest BCUT2D eigenvalue weighted by molar-refractivity contribution is 0.0730. The molecular formula is C13H23Cl3INO2Si. The van der Waals surface area contributed by atoms with Crippen molar-refractivity contribution < 1.29 is 9.16 Å². The van der Waals surface area contributed by atoms with E-state index in [2.05, 4.69) is 68.4 Å². The van der Waals surface area contributed by atoms with E-state index in [0.717, 1.165) is 0 Å². The molecule has 0 aromatic rings. The highest BCUT2D eigenvalue weighted by Crippen LogP contribution is 2.39. The van der Waals surface area contributed by atoms with Crippen molar-refractivity contribution in [2.75, 3.05) is 6.61 Å². The molecule has 1 aliphatic rings. The molecule has 0 aliphatic carbocycles. The van der Waals surface area contributed by atoms with Crippen LogP contribution in [0.3, 0.4) is 0 Å². The van der Waals surface area contributed by atoms with Gasteiger partial charge in [0, 0.05) is 3.92 Å². The summed E-state index contributed by atoms with van der Waals surface area (Å²) >= 11 is 20.0. The van der Waals surface area contributed by atoms with E-state index >= 15 is 0 Å². The lowest BCUT2D eigenvalue weighted by Gasteiger charge is -2.42. The highest BCUT2D eigenvalue weighted by atomic mass is 127. The molecular weight excluding hydrogens is 463 g/mol. The van der Waals surface area contributed by atoms with E-state index in [1.165, 1.54) is 0 Å². The average Bonchev–Trinajstić information content (AvgIpc) is 2.25. The number of aliphatic imine (C=N–C) groups is 1. The Morgan fingerprint density at radius 3 is 2.24 bits per heavy atom. The van der Waals surface area contributed by atoms with Gasteiger partial charge >= 0.3 is 0 Å². The zero-order valence-corrected chi connectivity index (χ0v) is 18.6. The SMILES string of the molecule is C[C@H](I)[C@H]1N=C(C(Cl)(Cl)Cl)OC[C@H]1O[Si](C)(C)C(C)(C)C. The van der Waals surface area contributed by atoms with Crippen molar-refractivity contribution in [2.45, 2.75) is 65.7 Å². The minimum absolute atomic E-state index is 0.0703. The van der Waals surface area contributed by atoms with Crippen molar-refractivity contribution in [2.24, 2.45) is 4.99 Å². The maximum Gasteiger partial charge on any atom is 0.266 e. The standard InChI is InChI=1S/C13H23Cl3INO2Si/c1-8(17)10-9(20-21(5,6)12(2,3)4)7-19-11(18-10)13(14,15)16/h8-10H,7H2,1-6H3/t8-,9+,10+/m0/s1. The second-order valence-electron chi connectivity index (χ2n) is 6.83. The van der Waals surface area contributed by atoms with E-state index < -0.39 is 12.1 Å². The van der Waals surface area contributed by atoms with Gasteiger partial charge in [0.05, 0.1) is 6.04 Å². The van der Waals surface area contributed by atoms with Crippen LogP contribution in [0, 0.1) is 0 Å². The summed E-state index contributed by atoms with van der Waals surface area (Å²) in [6, 6.07) is -0.0703. The van der Waals surface area contributed by atoms with E-state index in [0.29, 0.717) is 6.61 Å². The molecule has 8 heteroatoms. The fourth-order valence-corrected chi connectivity index (χ4v) is 3.98. The molecule has 0 unspecified atom stereocenters. The Kier molecular flexibility index (Phi) is 6.77. The molecule has 0 amide bonds. The first kappa shape index (κ1) is 20.3. The molecule has 0 saturated carbocycles. The Labute approximate surface area is 157 Å². The van der Waals surface area contributed by atoms with Crippen LogP contribution in [0.4, 0.5) is 0 Å². The quantitative estimate of drug-likeness (QED) is 0.305. The molecule has 1 rings (SSSR count). The number of hydrogen-bond acceptors (Lipinski definition) is 3. The highest BCUT2D eigenvalue weighted by Gasteiger charge is 2.44. The maximum atomic E-state index is 6.45. The summed E-state index contributed by atoms with van der Waals surface area (Å²) in [5.41, 5.74) is 0. The number of rotatable bonds is 3. The van der Waals surface area contributed by atoms with E-state index in [9.17, 15) is 0 Å². The van der Waals surface area contributed by atoms with Gasteiger partial charge in [-0.05, 0) is 18.1 Å². The third kappa shape index (κ3) is 5.38. The molecule has 0 N–H and O–H groups in total. The Balaban J connectivity index is 2.98. The number of alkyl halides is 4. The van der Waals surface area contributed by atoms with Crippen LogP contribution in [-0.4, -0.2) is 40.7 Å². The second-order valence-corrected chi connectivity index (χ2v) is 15.8. The van der Waals surface area contributed by atoms with Crippen LogP contribution in [0.1, 0.15) is 27.7 Å². The molecule has 0 radical (unpaired) electrons. The molecule has 0 bridgehead atoms. The predicted octanol–water partition coefficient (Wildman–Crippen LogP) is 5.37. The molecule has 124 valence electrons. The summed E-state index contributed by atoms with van der Waals surface area (Å²) in [6.45, 7) is 13.5. The van der Waals surface area contributed by atoms with Crippen LogP contribution in [0.25, 0.3) is 0 Å². The van der Waals surface area contributed by atoms with Gasteiger partial charge in [0.25, 0.3) is 3.79 Å². The van der Waals surface area contributed by atoms with E-state index in [1.807, 2.05) is 0 Å². The van der Waals surface area contributed by atoms with Crippen molar-refractivity contribution in [1.29, 1.82) is 0 Å². The van der Waals surface area contributed by atoms with Crippen molar-refractivity contribution in [3.05, 3.63) is 0 Å². The van der Waals surface area contributed by atoms with Gasteiger partial charge in [-0.1, -0.05) is 85.1 Å². The van der Waals surface area contributed by atoms with E-state index in [4.69, 9.17) is 44.0 Å². The number of hydrogen-bond donors (Lipinski definition) is 0. The topological polar surface area (TPSA) is 30.8 Å². The van der Waals surface area contributed by atoms with Gasteiger partial charge < -0.3 is 9.16 Å². The van der Waals surface area contributed by atoms with E-state index in [-0.39, 0.29) is 27.0 Å². The maximum absolute atomic E-state index is 6.45. The molecule has 0 aromatic heterocycles. The van der Waals surface area contributed by atoms with Gasteiger partial charge in [0.15, 0.2) is 8.32 Å². The third-order valence-electron chi connectivity index (χ3n) is 4.00. The zero-order chi connectivity index (χ0) is 16.6. The molecule has 0 saturated heterocycles. The summed E-state index contributed by atoms with van der Waals surface area (Å²) < 4.78 is 10.6. The number of ether oxygens (including phenoxy) is 1. The van der Waals surface area contributed by atoms with Crippen LogP contribution < -0.4 is 0 Å². The van der Waals surface area contributed by atoms with Crippen molar-refractivity contribution in [3.8, 4) is 0 Å². The smallest absolute Gasteiger partial charge is 0.266 e. The lowest BCUT2D eigenvalue weighted by Crippen LogP contribution is -2.52. The molecule has 3 nitrogen and oxygen atoms in total. The largest absolute Gasteiger partial charge is 0.475 e. The first-order valence-electron chi connectivity index (χ1n) is 6.85. The van der Waals surface area contributed by atoms with Crippen molar-refractivity contribution in [1.82, 2.24) is 0 Å². The Morgan fingerprint density at radius 1 is 1.33 bits per heavy atom. The molecule has 0 spiro atoms. The first-order chi connectivity index (χ1) is 9.25. The fourth-order valence-electron chi connectivity index (χ4n) is 1.73. The third-order valence-corrected chi connectivity index (χ3v) is 9.72. The van der Waals surface area contributed by atoms with Gasteiger partial charge in [-0.15, -0.1) is 0 Å². The minimum Gasteiger partial charge on any atom is -0.475 e. The van der Waals surface area contributed by atoms with Crippen LogP contribution in [0.5, 0.6) is 0 Å². The Hall–Kier alpha value is 1.25. The summed E-state index contributed by atoms with van der Waals surface area (Å²) in [6.07, 6.45) is -0.103. The highest BCUT2D eigenvalue weighted by molar-refractivity contribution is 14.1. The number of halogens is 4. The van der Waals surface area contributed by atoms with E-state index in [1.54, 1.807) is 0 Å². The minimum atomic E-state index is -1.90. The van der Waals surface area contributed by atoms with Gasteiger partial charge in [0.1, 0.15) is 12.7 Å². The average molecular weight is 487 g/mol. The van der Waals surface area contributed by atoms with Gasteiger partial charge in [-0.25, -0.2) is 4.99 Å². The summed E-state index contributed by atoms with van der Waals surface area (Å²) in [7, 11) is -1.90. The van der Waals surface area contributed by atoms with Crippen molar-refractivity contribution >= 4 is 71.6 Å². The predicted molar refractivity (Wildman–Crippen MR) is 103 cm³/mol. The molecule has 1 heterocycles. The summed E-state index contributed by atoms with van der Waals surface area (Å²) in [5.74, 6) is 0.163. The zero-order valence-electron chi connectivity index (χ0n) is 13.2. The molecule has 21 heavy (non-hydrogen) atoms. The van der Waals surface area contributed by atoms with Crippen LogP contribution >= 0.6 is 57.4 Å². The van der Waals surface area contributed by atoms with Gasteiger partial charge in [-0.3, -0.25) is 0 Å².